The maximum Gasteiger partial charge on any atom is 0.175 e. The van der Waals surface area contributed by atoms with Gasteiger partial charge in [0.25, 0.3) is 0 Å². The Morgan fingerprint density at radius 1 is 0.952 bits per heavy atom. The Morgan fingerprint density at radius 2 is 1.52 bits per heavy atom. The van der Waals surface area contributed by atoms with Crippen LogP contribution in [0.3, 0.4) is 0 Å². The summed E-state index contributed by atoms with van der Waals surface area (Å²) in [6.45, 7) is 8.59. The number of hydrogen-bond donors (Lipinski definition) is 0. The SMILES string of the molecule is CC(Sc1ccc(C(C)(C)C)cc1)C(=O)c1ccccc1. The van der Waals surface area contributed by atoms with E-state index in [9.17, 15) is 4.79 Å². The second-order valence-corrected chi connectivity index (χ2v) is 7.68. The van der Waals surface area contributed by atoms with Crippen LogP contribution in [-0.2, 0) is 5.41 Å². The van der Waals surface area contributed by atoms with Crippen LogP contribution >= 0.6 is 11.8 Å². The molecule has 0 bridgehead atoms. The highest BCUT2D eigenvalue weighted by Crippen LogP contribution is 2.29. The average molecular weight is 298 g/mol. The monoisotopic (exact) mass is 298 g/mol. The minimum absolute atomic E-state index is 0.0760. The minimum atomic E-state index is -0.0760. The van der Waals surface area contributed by atoms with Crippen molar-refractivity contribution in [1.82, 2.24) is 0 Å². The highest BCUT2D eigenvalue weighted by molar-refractivity contribution is 8.00. The lowest BCUT2D eigenvalue weighted by molar-refractivity contribution is 0.0994. The quantitative estimate of drug-likeness (QED) is 0.559. The van der Waals surface area contributed by atoms with Gasteiger partial charge in [-0.3, -0.25) is 4.79 Å². The van der Waals surface area contributed by atoms with Crippen molar-refractivity contribution in [2.24, 2.45) is 0 Å². The number of Topliss-reactive ketones (excluding diaryl/α,β-unsaturated/α-hetero) is 1. The number of ketones is 1. The first-order chi connectivity index (χ1) is 9.88. The molecule has 0 aliphatic carbocycles. The lowest BCUT2D eigenvalue weighted by Gasteiger charge is -2.19. The van der Waals surface area contributed by atoms with Gasteiger partial charge in [-0.2, -0.15) is 0 Å². The molecule has 0 aliphatic heterocycles. The molecule has 0 spiro atoms. The van der Waals surface area contributed by atoms with E-state index in [0.717, 1.165) is 10.5 Å². The Hall–Kier alpha value is -1.54. The van der Waals surface area contributed by atoms with Crippen LogP contribution in [0.1, 0.15) is 43.6 Å². The molecular weight excluding hydrogens is 276 g/mol. The van der Waals surface area contributed by atoms with Gasteiger partial charge in [-0.15, -0.1) is 11.8 Å². The Bertz CT molecular complexity index is 594. The molecule has 0 N–H and O–H groups in total. The molecule has 0 saturated carbocycles. The molecule has 0 radical (unpaired) electrons. The van der Waals surface area contributed by atoms with Crippen molar-refractivity contribution in [2.45, 2.75) is 43.3 Å². The molecule has 1 unspecified atom stereocenters. The fraction of sp³-hybridized carbons (Fsp3) is 0.316. The van der Waals surface area contributed by atoms with Gasteiger partial charge in [-0.05, 0) is 30.0 Å². The Kier molecular flexibility index (Phi) is 4.89. The molecule has 0 amide bonds. The van der Waals surface area contributed by atoms with Gasteiger partial charge < -0.3 is 0 Å². The first-order valence-corrected chi connectivity index (χ1v) is 8.12. The summed E-state index contributed by atoms with van der Waals surface area (Å²) < 4.78 is 0. The van der Waals surface area contributed by atoms with Crippen molar-refractivity contribution in [3.8, 4) is 0 Å². The van der Waals surface area contributed by atoms with Crippen LogP contribution in [0.15, 0.2) is 59.5 Å². The summed E-state index contributed by atoms with van der Waals surface area (Å²) in [7, 11) is 0. The van der Waals surface area contributed by atoms with E-state index in [0.29, 0.717) is 0 Å². The number of rotatable bonds is 4. The van der Waals surface area contributed by atoms with Crippen molar-refractivity contribution in [2.75, 3.05) is 0 Å². The molecule has 110 valence electrons. The standard InChI is InChI=1S/C19H22OS/c1-14(18(20)15-8-6-5-7-9-15)21-17-12-10-16(11-13-17)19(2,3)4/h5-14H,1-4H3. The number of carbonyl (C=O) groups is 1. The van der Waals surface area contributed by atoms with Gasteiger partial charge in [0.15, 0.2) is 5.78 Å². The fourth-order valence-corrected chi connectivity index (χ4v) is 3.07. The second-order valence-electron chi connectivity index (χ2n) is 6.26. The number of benzene rings is 2. The van der Waals surface area contributed by atoms with Crippen molar-refractivity contribution >= 4 is 17.5 Å². The summed E-state index contributed by atoms with van der Waals surface area (Å²) >= 11 is 1.62. The molecule has 0 saturated heterocycles. The van der Waals surface area contributed by atoms with Crippen LogP contribution in [-0.4, -0.2) is 11.0 Å². The van der Waals surface area contributed by atoms with Gasteiger partial charge in [0, 0.05) is 10.5 Å². The lowest BCUT2D eigenvalue weighted by atomic mass is 9.87. The van der Waals surface area contributed by atoms with E-state index in [4.69, 9.17) is 0 Å². The van der Waals surface area contributed by atoms with E-state index in [1.54, 1.807) is 11.8 Å². The third-order valence-corrected chi connectivity index (χ3v) is 4.57. The fourth-order valence-electron chi connectivity index (χ4n) is 2.13. The Morgan fingerprint density at radius 3 is 2.05 bits per heavy atom. The van der Waals surface area contributed by atoms with E-state index in [-0.39, 0.29) is 16.4 Å². The summed E-state index contributed by atoms with van der Waals surface area (Å²) in [6.07, 6.45) is 0. The molecule has 0 fully saturated rings. The van der Waals surface area contributed by atoms with Crippen LogP contribution in [0.5, 0.6) is 0 Å². The predicted molar refractivity (Wildman–Crippen MR) is 91.2 cm³/mol. The predicted octanol–water partition coefficient (Wildman–Crippen LogP) is 5.35. The van der Waals surface area contributed by atoms with Crippen molar-refractivity contribution < 1.29 is 4.79 Å². The van der Waals surface area contributed by atoms with E-state index < -0.39 is 0 Å². The minimum Gasteiger partial charge on any atom is -0.293 e. The van der Waals surface area contributed by atoms with Crippen LogP contribution in [0, 0.1) is 0 Å². The number of carbonyl (C=O) groups excluding carboxylic acids is 1. The van der Waals surface area contributed by atoms with Gasteiger partial charge in [-0.25, -0.2) is 0 Å². The van der Waals surface area contributed by atoms with E-state index in [2.05, 4.69) is 45.0 Å². The summed E-state index contributed by atoms with van der Waals surface area (Å²) in [5.41, 5.74) is 2.26. The van der Waals surface area contributed by atoms with E-state index >= 15 is 0 Å². The lowest BCUT2D eigenvalue weighted by Crippen LogP contribution is -2.13. The maximum absolute atomic E-state index is 12.4. The van der Waals surface area contributed by atoms with Gasteiger partial charge in [-0.1, -0.05) is 63.2 Å². The highest BCUT2D eigenvalue weighted by Gasteiger charge is 2.17. The summed E-state index contributed by atoms with van der Waals surface area (Å²) in [4.78, 5) is 13.5. The zero-order chi connectivity index (χ0) is 15.5. The smallest absolute Gasteiger partial charge is 0.175 e. The molecular formula is C19H22OS. The van der Waals surface area contributed by atoms with E-state index in [1.807, 2.05) is 37.3 Å². The molecule has 21 heavy (non-hydrogen) atoms. The molecule has 1 atom stereocenters. The summed E-state index contributed by atoms with van der Waals surface area (Å²) in [5.74, 6) is 0.181. The van der Waals surface area contributed by atoms with Crippen LogP contribution in [0.2, 0.25) is 0 Å². The second kappa shape index (κ2) is 6.48. The Balaban J connectivity index is 2.06. The van der Waals surface area contributed by atoms with Gasteiger partial charge in [0.1, 0.15) is 0 Å². The molecule has 2 rings (SSSR count). The van der Waals surface area contributed by atoms with Crippen LogP contribution < -0.4 is 0 Å². The number of thioether (sulfide) groups is 1. The molecule has 0 heterocycles. The first-order valence-electron chi connectivity index (χ1n) is 7.24. The van der Waals surface area contributed by atoms with Gasteiger partial charge in [0.2, 0.25) is 0 Å². The van der Waals surface area contributed by atoms with Crippen LogP contribution in [0.25, 0.3) is 0 Å². The highest BCUT2D eigenvalue weighted by atomic mass is 32.2. The molecule has 0 aromatic heterocycles. The van der Waals surface area contributed by atoms with Crippen molar-refractivity contribution in [3.63, 3.8) is 0 Å². The molecule has 1 nitrogen and oxygen atoms in total. The topological polar surface area (TPSA) is 17.1 Å². The molecule has 2 aromatic rings. The average Bonchev–Trinajstić information content (AvgIpc) is 2.47. The molecule has 2 aromatic carbocycles. The molecule has 2 heteroatoms. The summed E-state index contributed by atoms with van der Waals surface area (Å²) in [5, 5.41) is -0.0760. The normalized spacial score (nSPS) is 13.0. The number of hydrogen-bond acceptors (Lipinski definition) is 2. The molecule has 0 aliphatic rings. The third-order valence-electron chi connectivity index (χ3n) is 3.46. The van der Waals surface area contributed by atoms with E-state index in [1.165, 1.54) is 5.56 Å². The largest absolute Gasteiger partial charge is 0.293 e. The van der Waals surface area contributed by atoms with Gasteiger partial charge in [0.05, 0.1) is 5.25 Å². The Labute approximate surface area is 131 Å². The summed E-state index contributed by atoms with van der Waals surface area (Å²) in [6, 6.07) is 18.0. The third kappa shape index (κ3) is 4.21. The van der Waals surface area contributed by atoms with Crippen molar-refractivity contribution in [3.05, 3.63) is 65.7 Å². The zero-order valence-corrected chi connectivity index (χ0v) is 13.9. The maximum atomic E-state index is 12.4. The zero-order valence-electron chi connectivity index (χ0n) is 13.1. The van der Waals surface area contributed by atoms with Crippen molar-refractivity contribution in [1.29, 1.82) is 0 Å². The van der Waals surface area contributed by atoms with Crippen LogP contribution in [0.4, 0.5) is 0 Å². The first kappa shape index (κ1) is 15.8. The van der Waals surface area contributed by atoms with Gasteiger partial charge >= 0.3 is 0 Å².